The van der Waals surface area contributed by atoms with Crippen molar-refractivity contribution in [1.82, 2.24) is 5.43 Å². The van der Waals surface area contributed by atoms with E-state index in [-0.39, 0.29) is 16.7 Å². The molecule has 4 nitrogen and oxygen atoms in total. The molecule has 3 rings (SSSR count). The number of hydrogen-bond acceptors (Lipinski definition) is 3. The molecule has 4 heteroatoms. The maximum atomic E-state index is 12.3. The van der Waals surface area contributed by atoms with Crippen LogP contribution >= 0.6 is 0 Å². The molecule has 22 heavy (non-hydrogen) atoms. The monoisotopic (exact) mass is 300 g/mol. The Balaban J connectivity index is 1.76. The van der Waals surface area contributed by atoms with Crippen molar-refractivity contribution in [2.45, 2.75) is 40.0 Å². The quantitative estimate of drug-likeness (QED) is 0.867. The molecule has 0 aliphatic heterocycles. The van der Waals surface area contributed by atoms with Gasteiger partial charge in [-0.05, 0) is 48.8 Å². The zero-order valence-corrected chi connectivity index (χ0v) is 13.8. The minimum Gasteiger partial charge on any atom is -0.497 e. The van der Waals surface area contributed by atoms with Crippen LogP contribution in [-0.2, 0) is 0 Å². The molecule has 2 atom stereocenters. The first kappa shape index (κ1) is 15.1. The van der Waals surface area contributed by atoms with Crippen molar-refractivity contribution in [3.8, 4) is 5.75 Å². The minimum absolute atomic E-state index is 0.110. The Morgan fingerprint density at radius 3 is 2.73 bits per heavy atom. The fraction of sp³-hybridized carbons (Fsp3) is 0.556. The number of nitrogens with one attached hydrogen (secondary N) is 1. The molecule has 1 aromatic rings. The summed E-state index contributed by atoms with van der Waals surface area (Å²) in [4.78, 5) is 12.3. The van der Waals surface area contributed by atoms with Crippen molar-refractivity contribution in [2.24, 2.45) is 21.8 Å². The van der Waals surface area contributed by atoms with Gasteiger partial charge < -0.3 is 4.74 Å². The van der Waals surface area contributed by atoms with Crippen LogP contribution in [0, 0.1) is 16.7 Å². The summed E-state index contributed by atoms with van der Waals surface area (Å²) in [6.45, 7) is 6.95. The molecule has 0 spiro atoms. The summed E-state index contributed by atoms with van der Waals surface area (Å²) in [7, 11) is 1.59. The molecule has 2 bridgehead atoms. The van der Waals surface area contributed by atoms with Gasteiger partial charge in [0.1, 0.15) is 5.75 Å². The highest BCUT2D eigenvalue weighted by Crippen LogP contribution is 2.63. The van der Waals surface area contributed by atoms with Gasteiger partial charge >= 0.3 is 0 Å². The highest BCUT2D eigenvalue weighted by Gasteiger charge is 2.59. The number of fused-ring (bicyclic) bond motifs is 2. The molecule has 0 unspecified atom stereocenters. The SMILES string of the molecule is COc1cccc(C(=O)N/N=C2/C[C@H]3CC[C@]2(C)C3(C)C)c1. The fourth-order valence-electron chi connectivity index (χ4n) is 4.04. The third-order valence-corrected chi connectivity index (χ3v) is 6.14. The molecule has 2 aliphatic carbocycles. The molecule has 1 N–H and O–H groups in total. The zero-order valence-electron chi connectivity index (χ0n) is 13.8. The number of hydrogen-bond donors (Lipinski definition) is 1. The van der Waals surface area contributed by atoms with Crippen molar-refractivity contribution in [3.05, 3.63) is 29.8 Å². The van der Waals surface area contributed by atoms with Gasteiger partial charge in [0.15, 0.2) is 0 Å². The molecule has 2 fully saturated rings. The molecule has 2 aliphatic rings. The topological polar surface area (TPSA) is 50.7 Å². The van der Waals surface area contributed by atoms with Crippen LogP contribution in [0.15, 0.2) is 29.4 Å². The van der Waals surface area contributed by atoms with Gasteiger partial charge in [-0.15, -0.1) is 0 Å². The maximum Gasteiger partial charge on any atom is 0.271 e. The number of amides is 1. The summed E-state index contributed by atoms with van der Waals surface area (Å²) in [5.41, 5.74) is 4.82. The van der Waals surface area contributed by atoms with Gasteiger partial charge in [0, 0.05) is 16.7 Å². The Morgan fingerprint density at radius 2 is 2.14 bits per heavy atom. The lowest BCUT2D eigenvalue weighted by Crippen LogP contribution is -2.34. The lowest BCUT2D eigenvalue weighted by Gasteiger charge is -2.34. The number of carbonyl (C=O) groups is 1. The number of ether oxygens (including phenoxy) is 1. The molecule has 0 aromatic heterocycles. The standard InChI is InChI=1S/C18H24N2O2/c1-17(2)13-8-9-18(17,3)15(11-13)19-20-16(21)12-6-5-7-14(10-12)22-4/h5-7,10,13H,8-9,11H2,1-4H3,(H,20,21)/b19-15-/t13-,18+/m1/s1. The van der Waals surface area contributed by atoms with Crippen LogP contribution in [0.1, 0.15) is 50.4 Å². The van der Waals surface area contributed by atoms with Crippen LogP contribution in [0.5, 0.6) is 5.75 Å². The largest absolute Gasteiger partial charge is 0.497 e. The number of nitrogens with zero attached hydrogens (tertiary/aromatic N) is 1. The molecule has 0 radical (unpaired) electrons. The molecule has 1 amide bonds. The first-order chi connectivity index (χ1) is 10.4. The van der Waals surface area contributed by atoms with Crippen LogP contribution < -0.4 is 10.2 Å². The van der Waals surface area contributed by atoms with Crippen molar-refractivity contribution >= 4 is 11.6 Å². The van der Waals surface area contributed by atoms with E-state index in [9.17, 15) is 4.79 Å². The predicted molar refractivity (Wildman–Crippen MR) is 87.1 cm³/mol. The summed E-state index contributed by atoms with van der Waals surface area (Å²) >= 11 is 0. The summed E-state index contributed by atoms with van der Waals surface area (Å²) in [5.74, 6) is 1.17. The van der Waals surface area contributed by atoms with Gasteiger partial charge in [-0.1, -0.05) is 26.8 Å². The third kappa shape index (κ3) is 2.13. The normalized spacial score (nSPS) is 30.5. The molecular formula is C18H24N2O2. The number of hydrazone groups is 1. The maximum absolute atomic E-state index is 12.3. The molecule has 0 saturated heterocycles. The third-order valence-electron chi connectivity index (χ3n) is 6.14. The van der Waals surface area contributed by atoms with E-state index in [1.54, 1.807) is 19.2 Å². The van der Waals surface area contributed by atoms with Gasteiger partial charge in [-0.2, -0.15) is 5.10 Å². The van der Waals surface area contributed by atoms with Gasteiger partial charge in [-0.25, -0.2) is 5.43 Å². The van der Waals surface area contributed by atoms with Crippen LogP contribution in [0.25, 0.3) is 0 Å². The summed E-state index contributed by atoms with van der Waals surface area (Å²) in [6, 6.07) is 7.12. The predicted octanol–water partition coefficient (Wildman–Crippen LogP) is 3.63. The number of rotatable bonds is 3. The summed E-state index contributed by atoms with van der Waals surface area (Å²) < 4.78 is 5.15. The van der Waals surface area contributed by atoms with Gasteiger partial charge in [0.25, 0.3) is 5.91 Å². The van der Waals surface area contributed by atoms with Gasteiger partial charge in [0.2, 0.25) is 0 Å². The minimum atomic E-state index is -0.185. The first-order valence-corrected chi connectivity index (χ1v) is 7.90. The highest BCUT2D eigenvalue weighted by atomic mass is 16.5. The van der Waals surface area contributed by atoms with Gasteiger partial charge in [0.05, 0.1) is 7.11 Å². The van der Waals surface area contributed by atoms with E-state index in [1.165, 1.54) is 12.8 Å². The Labute approximate surface area is 131 Å². The Bertz CT molecular complexity index is 636. The first-order valence-electron chi connectivity index (χ1n) is 7.90. The van der Waals surface area contributed by atoms with Crippen LogP contribution in [-0.4, -0.2) is 18.7 Å². The smallest absolute Gasteiger partial charge is 0.271 e. The molecule has 118 valence electrons. The lowest BCUT2D eigenvalue weighted by molar-refractivity contribution is 0.0953. The van der Waals surface area contributed by atoms with E-state index < -0.39 is 0 Å². The van der Waals surface area contributed by atoms with E-state index >= 15 is 0 Å². The zero-order chi connectivity index (χ0) is 16.0. The molecular weight excluding hydrogens is 276 g/mol. The van der Waals surface area contributed by atoms with Crippen LogP contribution in [0.3, 0.4) is 0 Å². The second kappa shape index (κ2) is 5.11. The van der Waals surface area contributed by atoms with E-state index in [1.807, 2.05) is 12.1 Å². The average Bonchev–Trinajstić information content (AvgIpc) is 2.85. The lowest BCUT2D eigenvalue weighted by atomic mass is 9.70. The Kier molecular flexibility index (Phi) is 3.50. The summed E-state index contributed by atoms with van der Waals surface area (Å²) in [6.07, 6.45) is 3.44. The fourth-order valence-corrected chi connectivity index (χ4v) is 4.04. The molecule has 0 heterocycles. The molecule has 1 aromatic carbocycles. The van der Waals surface area contributed by atoms with Crippen molar-refractivity contribution in [1.29, 1.82) is 0 Å². The highest BCUT2D eigenvalue weighted by molar-refractivity contribution is 5.98. The van der Waals surface area contributed by atoms with Crippen molar-refractivity contribution < 1.29 is 9.53 Å². The Hall–Kier alpha value is -1.84. The molecule has 2 saturated carbocycles. The van der Waals surface area contributed by atoms with Crippen LogP contribution in [0.4, 0.5) is 0 Å². The summed E-state index contributed by atoms with van der Waals surface area (Å²) in [5, 5.41) is 4.48. The van der Waals surface area contributed by atoms with E-state index in [4.69, 9.17) is 4.74 Å². The van der Waals surface area contributed by atoms with E-state index in [0.29, 0.717) is 17.2 Å². The number of carbonyl (C=O) groups excluding carboxylic acids is 1. The second-order valence-electron chi connectivity index (χ2n) is 7.22. The van der Waals surface area contributed by atoms with Crippen molar-refractivity contribution in [3.63, 3.8) is 0 Å². The second-order valence-corrected chi connectivity index (χ2v) is 7.22. The number of benzene rings is 1. The average molecular weight is 300 g/mol. The van der Waals surface area contributed by atoms with E-state index in [2.05, 4.69) is 31.3 Å². The van der Waals surface area contributed by atoms with E-state index in [0.717, 1.165) is 12.1 Å². The number of methoxy groups -OCH3 is 1. The van der Waals surface area contributed by atoms with Crippen molar-refractivity contribution in [2.75, 3.05) is 7.11 Å². The Morgan fingerprint density at radius 1 is 1.36 bits per heavy atom. The van der Waals surface area contributed by atoms with Crippen LogP contribution in [0.2, 0.25) is 0 Å². The van der Waals surface area contributed by atoms with Gasteiger partial charge in [-0.3, -0.25) is 4.79 Å².